The average molecular weight is 493 g/mol. The Bertz CT molecular complexity index is 1450. The summed E-state index contributed by atoms with van der Waals surface area (Å²) in [5.74, 6) is -1.72. The van der Waals surface area contributed by atoms with Gasteiger partial charge in [0, 0.05) is 24.7 Å². The minimum atomic E-state index is -0.772. The highest BCUT2D eigenvalue weighted by Crippen LogP contribution is 2.49. The Morgan fingerprint density at radius 2 is 1.68 bits per heavy atom. The summed E-state index contributed by atoms with van der Waals surface area (Å²) in [5, 5.41) is 19.4. The molecule has 7 heteroatoms. The van der Waals surface area contributed by atoms with Crippen molar-refractivity contribution in [3.63, 3.8) is 0 Å². The van der Waals surface area contributed by atoms with E-state index in [-0.39, 0.29) is 19.0 Å². The number of carbonyl (C=O) groups is 3. The molecule has 0 spiro atoms. The molecule has 3 amide bonds. The summed E-state index contributed by atoms with van der Waals surface area (Å²) in [6.45, 7) is 0.306. The van der Waals surface area contributed by atoms with Crippen LogP contribution in [0.15, 0.2) is 66.7 Å². The molecule has 0 unspecified atom stereocenters. The van der Waals surface area contributed by atoms with E-state index in [1.165, 1.54) is 28.0 Å². The fraction of sp³-hybridized carbons (Fsp3) is 0.267. The zero-order valence-corrected chi connectivity index (χ0v) is 20.5. The zero-order valence-electron chi connectivity index (χ0n) is 20.5. The second-order valence-electron chi connectivity index (χ2n) is 9.56. The summed E-state index contributed by atoms with van der Waals surface area (Å²) in [5.41, 5.74) is 4.62. The van der Waals surface area contributed by atoms with Crippen LogP contribution in [-0.2, 0) is 34.5 Å². The van der Waals surface area contributed by atoms with Crippen LogP contribution in [0.5, 0.6) is 0 Å². The van der Waals surface area contributed by atoms with E-state index < -0.39 is 17.4 Å². The van der Waals surface area contributed by atoms with Crippen molar-refractivity contribution in [3.05, 3.63) is 94.6 Å². The number of rotatable bonds is 8. The number of nitrogens with one attached hydrogen (secondary N) is 3. The summed E-state index contributed by atoms with van der Waals surface area (Å²) >= 11 is 0. The topological polar surface area (TPSA) is 111 Å². The normalized spacial score (nSPS) is 14.8. The van der Waals surface area contributed by atoms with Crippen molar-refractivity contribution in [1.82, 2.24) is 16.0 Å². The summed E-state index contributed by atoms with van der Waals surface area (Å²) in [7, 11) is 0. The van der Waals surface area contributed by atoms with Crippen LogP contribution < -0.4 is 16.0 Å². The molecule has 1 fully saturated rings. The van der Waals surface area contributed by atoms with E-state index in [9.17, 15) is 14.4 Å². The minimum Gasteiger partial charge on any atom is -0.348 e. The number of nitrogens with zero attached hydrogens (tertiary/aromatic N) is 1. The first-order chi connectivity index (χ1) is 18.0. The van der Waals surface area contributed by atoms with Crippen molar-refractivity contribution in [2.45, 2.75) is 44.2 Å². The van der Waals surface area contributed by atoms with Crippen molar-refractivity contribution in [3.8, 4) is 6.07 Å². The fourth-order valence-electron chi connectivity index (χ4n) is 5.17. The maximum absolute atomic E-state index is 13.5. The lowest BCUT2D eigenvalue weighted by molar-refractivity contribution is -0.139. The number of carbonyl (C=O) groups excluding carboxylic acids is 3. The molecule has 1 saturated carbocycles. The van der Waals surface area contributed by atoms with Gasteiger partial charge in [0.1, 0.15) is 0 Å². The molecule has 0 atom stereocenters. The minimum absolute atomic E-state index is 0.0537. The van der Waals surface area contributed by atoms with Gasteiger partial charge in [-0.25, -0.2) is 0 Å². The first-order valence-electron chi connectivity index (χ1n) is 12.6. The van der Waals surface area contributed by atoms with Gasteiger partial charge in [-0.1, -0.05) is 54.6 Å². The molecule has 0 bridgehead atoms. The maximum atomic E-state index is 13.5. The first kappa shape index (κ1) is 24.3. The van der Waals surface area contributed by atoms with Crippen molar-refractivity contribution >= 4 is 28.5 Å². The molecule has 37 heavy (non-hydrogen) atoms. The van der Waals surface area contributed by atoms with Crippen LogP contribution >= 0.6 is 0 Å². The highest BCUT2D eigenvalue weighted by molar-refractivity contribution is 6.35. The van der Waals surface area contributed by atoms with Crippen molar-refractivity contribution in [1.29, 1.82) is 5.26 Å². The van der Waals surface area contributed by atoms with Crippen molar-refractivity contribution in [2.75, 3.05) is 6.54 Å². The Balaban J connectivity index is 1.27. The predicted octanol–water partition coefficient (Wildman–Crippen LogP) is 3.56. The third-order valence-corrected chi connectivity index (χ3v) is 7.19. The molecule has 0 aromatic heterocycles. The van der Waals surface area contributed by atoms with E-state index in [4.69, 9.17) is 5.26 Å². The van der Waals surface area contributed by atoms with Crippen LogP contribution in [0, 0.1) is 11.3 Å². The van der Waals surface area contributed by atoms with Crippen LogP contribution in [0.25, 0.3) is 10.8 Å². The first-order valence-corrected chi connectivity index (χ1v) is 12.6. The number of aryl methyl sites for hydroxylation is 2. The summed E-state index contributed by atoms with van der Waals surface area (Å²) < 4.78 is 0. The van der Waals surface area contributed by atoms with Gasteiger partial charge in [-0.05, 0) is 71.2 Å². The van der Waals surface area contributed by atoms with Gasteiger partial charge in [-0.3, -0.25) is 14.4 Å². The molecule has 3 aromatic carbocycles. The summed E-state index contributed by atoms with van der Waals surface area (Å²) in [6, 6.07) is 19.8. The van der Waals surface area contributed by atoms with E-state index in [2.05, 4.69) is 46.3 Å². The van der Waals surface area contributed by atoms with Crippen LogP contribution in [0.1, 0.15) is 51.9 Å². The highest BCUT2D eigenvalue weighted by Gasteiger charge is 2.47. The Morgan fingerprint density at radius 3 is 2.46 bits per heavy atom. The van der Waals surface area contributed by atoms with Gasteiger partial charge in [0.2, 0.25) is 0 Å². The lowest BCUT2D eigenvalue weighted by Gasteiger charge is -2.22. The Hall–Kier alpha value is -4.44. The molecule has 2 aliphatic rings. The molecular formula is C30H28N4O3. The second-order valence-corrected chi connectivity index (χ2v) is 9.56. The molecule has 2 aliphatic carbocycles. The third kappa shape index (κ3) is 4.96. The summed E-state index contributed by atoms with van der Waals surface area (Å²) in [6.07, 6.45) is 7.26. The Labute approximate surface area is 215 Å². The van der Waals surface area contributed by atoms with E-state index >= 15 is 0 Å². The molecule has 0 saturated heterocycles. The quantitative estimate of drug-likeness (QED) is 0.254. The zero-order chi connectivity index (χ0) is 25.8. The molecule has 3 N–H and O–H groups in total. The molecule has 0 heterocycles. The molecule has 186 valence electrons. The SMILES string of the molecule is N#C/C=C/CCNC(=O)C(=O)NCc1ccccc1C(=O)NC1(c2ccc3c4c(cccc24)CC3)CC1. The monoisotopic (exact) mass is 492 g/mol. The number of hydrogen-bond acceptors (Lipinski definition) is 4. The Kier molecular flexibility index (Phi) is 6.74. The lowest BCUT2D eigenvalue weighted by Crippen LogP contribution is -2.40. The van der Waals surface area contributed by atoms with Crippen LogP contribution in [-0.4, -0.2) is 24.3 Å². The molecular weight excluding hydrogens is 464 g/mol. The van der Waals surface area contributed by atoms with Gasteiger partial charge < -0.3 is 16.0 Å². The number of hydrogen-bond donors (Lipinski definition) is 3. The largest absolute Gasteiger partial charge is 0.348 e. The average Bonchev–Trinajstić information content (AvgIpc) is 3.57. The third-order valence-electron chi connectivity index (χ3n) is 7.19. The van der Waals surface area contributed by atoms with Crippen LogP contribution in [0.2, 0.25) is 0 Å². The number of benzene rings is 3. The van der Waals surface area contributed by atoms with Gasteiger partial charge in [0.05, 0.1) is 11.6 Å². The number of nitriles is 1. The second kappa shape index (κ2) is 10.3. The molecule has 5 rings (SSSR count). The molecule has 0 aliphatic heterocycles. The standard InChI is InChI=1S/C30H28N4O3/c31-17-4-1-5-18-32-28(36)29(37)33-19-22-7-2-3-9-23(22)27(35)34-30(15-16-30)25-14-13-21-12-11-20-8-6-10-24(25)26(20)21/h1-4,6-10,13-14H,5,11-12,15-16,18-19H2,(H,32,36)(H,33,37)(H,34,35)/b4-1+. The molecule has 0 radical (unpaired) electrons. The van der Waals surface area contributed by atoms with Gasteiger partial charge in [-0.15, -0.1) is 0 Å². The van der Waals surface area contributed by atoms with Crippen LogP contribution in [0.3, 0.4) is 0 Å². The van der Waals surface area contributed by atoms with Crippen LogP contribution in [0.4, 0.5) is 0 Å². The highest BCUT2D eigenvalue weighted by atomic mass is 16.2. The van der Waals surface area contributed by atoms with Gasteiger partial charge in [-0.2, -0.15) is 5.26 Å². The smallest absolute Gasteiger partial charge is 0.309 e. The van der Waals surface area contributed by atoms with E-state index in [0.717, 1.165) is 31.2 Å². The van der Waals surface area contributed by atoms with Gasteiger partial charge in [0.15, 0.2) is 0 Å². The fourth-order valence-corrected chi connectivity index (χ4v) is 5.17. The number of allylic oxidation sites excluding steroid dienone is 1. The van der Waals surface area contributed by atoms with Crippen molar-refractivity contribution in [2.24, 2.45) is 0 Å². The van der Waals surface area contributed by atoms with E-state index in [0.29, 0.717) is 17.5 Å². The molecule has 3 aromatic rings. The lowest BCUT2D eigenvalue weighted by atomic mass is 9.93. The molecule has 7 nitrogen and oxygen atoms in total. The van der Waals surface area contributed by atoms with Gasteiger partial charge in [0.25, 0.3) is 5.91 Å². The Morgan fingerprint density at radius 1 is 0.919 bits per heavy atom. The number of amides is 3. The van der Waals surface area contributed by atoms with E-state index in [1.807, 2.05) is 6.07 Å². The predicted molar refractivity (Wildman–Crippen MR) is 140 cm³/mol. The van der Waals surface area contributed by atoms with Gasteiger partial charge >= 0.3 is 11.8 Å². The van der Waals surface area contributed by atoms with E-state index in [1.54, 1.807) is 30.3 Å². The maximum Gasteiger partial charge on any atom is 0.309 e. The van der Waals surface area contributed by atoms with Crippen molar-refractivity contribution < 1.29 is 14.4 Å². The summed E-state index contributed by atoms with van der Waals surface area (Å²) in [4.78, 5) is 37.7.